The summed E-state index contributed by atoms with van der Waals surface area (Å²) in [5.74, 6) is 0.442. The van der Waals surface area contributed by atoms with Crippen molar-refractivity contribution < 1.29 is 14.3 Å². The van der Waals surface area contributed by atoms with E-state index in [-0.39, 0.29) is 18.4 Å². The molecule has 2 aromatic carbocycles. The van der Waals surface area contributed by atoms with Crippen LogP contribution < -0.4 is 15.4 Å². The van der Waals surface area contributed by atoms with Gasteiger partial charge < -0.3 is 15.4 Å². The molecule has 154 valence electrons. The number of piperidine rings is 1. The van der Waals surface area contributed by atoms with E-state index in [1.807, 2.05) is 19.1 Å². The molecule has 0 aromatic heterocycles. The van der Waals surface area contributed by atoms with E-state index in [9.17, 15) is 9.59 Å². The summed E-state index contributed by atoms with van der Waals surface area (Å²) in [7, 11) is 0. The SMILES string of the molecule is CCNC(=O)Oc1cccc(CC(=O)NC2CCN(Cc3ccccc3)CC2)c1. The van der Waals surface area contributed by atoms with Gasteiger partial charge in [-0.2, -0.15) is 0 Å². The molecule has 0 radical (unpaired) electrons. The molecule has 2 amide bonds. The molecule has 29 heavy (non-hydrogen) atoms. The maximum atomic E-state index is 12.4. The van der Waals surface area contributed by atoms with Gasteiger partial charge in [0.25, 0.3) is 0 Å². The summed E-state index contributed by atoms with van der Waals surface area (Å²) < 4.78 is 5.20. The Balaban J connectivity index is 1.43. The van der Waals surface area contributed by atoms with Crippen molar-refractivity contribution in [2.75, 3.05) is 19.6 Å². The van der Waals surface area contributed by atoms with E-state index in [4.69, 9.17) is 4.74 Å². The van der Waals surface area contributed by atoms with Crippen molar-refractivity contribution in [3.05, 3.63) is 65.7 Å². The van der Waals surface area contributed by atoms with Gasteiger partial charge in [0.1, 0.15) is 5.75 Å². The van der Waals surface area contributed by atoms with Crippen LogP contribution in [0.15, 0.2) is 54.6 Å². The lowest BCUT2D eigenvalue weighted by molar-refractivity contribution is -0.121. The summed E-state index contributed by atoms with van der Waals surface area (Å²) in [6.07, 6.45) is 1.70. The van der Waals surface area contributed by atoms with E-state index in [1.165, 1.54) is 5.56 Å². The number of hydrogen-bond donors (Lipinski definition) is 2. The molecule has 1 fully saturated rings. The highest BCUT2D eigenvalue weighted by atomic mass is 16.6. The number of hydrogen-bond acceptors (Lipinski definition) is 4. The normalized spacial score (nSPS) is 14.9. The van der Waals surface area contributed by atoms with Crippen LogP contribution in [0.2, 0.25) is 0 Å². The van der Waals surface area contributed by atoms with Gasteiger partial charge in [-0.1, -0.05) is 42.5 Å². The van der Waals surface area contributed by atoms with Crippen molar-refractivity contribution in [2.24, 2.45) is 0 Å². The fourth-order valence-corrected chi connectivity index (χ4v) is 3.55. The molecule has 1 aliphatic rings. The zero-order valence-corrected chi connectivity index (χ0v) is 16.9. The molecule has 1 aliphatic heterocycles. The Bertz CT molecular complexity index is 802. The summed E-state index contributed by atoms with van der Waals surface area (Å²) in [6, 6.07) is 17.8. The van der Waals surface area contributed by atoms with E-state index in [0.717, 1.165) is 38.0 Å². The quantitative estimate of drug-likeness (QED) is 0.756. The molecular formula is C23H29N3O3. The number of ether oxygens (including phenoxy) is 1. The topological polar surface area (TPSA) is 70.7 Å². The van der Waals surface area contributed by atoms with Gasteiger partial charge in [0.15, 0.2) is 0 Å². The molecule has 0 saturated carbocycles. The summed E-state index contributed by atoms with van der Waals surface area (Å²) in [4.78, 5) is 26.4. The molecule has 0 aliphatic carbocycles. The number of benzene rings is 2. The Morgan fingerprint density at radius 1 is 1.03 bits per heavy atom. The lowest BCUT2D eigenvalue weighted by atomic mass is 10.0. The van der Waals surface area contributed by atoms with Crippen LogP contribution in [0.25, 0.3) is 0 Å². The Kier molecular flexibility index (Phi) is 7.64. The first-order valence-electron chi connectivity index (χ1n) is 10.2. The van der Waals surface area contributed by atoms with Crippen LogP contribution in [0.4, 0.5) is 4.79 Å². The Morgan fingerprint density at radius 2 is 1.76 bits per heavy atom. The second-order valence-corrected chi connectivity index (χ2v) is 7.35. The number of rotatable bonds is 7. The van der Waals surface area contributed by atoms with Gasteiger partial charge >= 0.3 is 6.09 Å². The molecule has 0 atom stereocenters. The van der Waals surface area contributed by atoms with Crippen LogP contribution in [0.5, 0.6) is 5.75 Å². The lowest BCUT2D eigenvalue weighted by Crippen LogP contribution is -2.44. The highest BCUT2D eigenvalue weighted by molar-refractivity contribution is 5.79. The average Bonchev–Trinajstić information content (AvgIpc) is 2.70. The number of likely N-dealkylation sites (tertiary alicyclic amines) is 1. The minimum absolute atomic E-state index is 0.00155. The molecule has 1 saturated heterocycles. The monoisotopic (exact) mass is 395 g/mol. The first-order valence-corrected chi connectivity index (χ1v) is 10.2. The van der Waals surface area contributed by atoms with E-state index in [1.54, 1.807) is 18.2 Å². The fraction of sp³-hybridized carbons (Fsp3) is 0.391. The molecule has 0 unspecified atom stereocenters. The van der Waals surface area contributed by atoms with Crippen LogP contribution in [0, 0.1) is 0 Å². The smallest absolute Gasteiger partial charge is 0.410 e. The summed E-state index contributed by atoms with van der Waals surface area (Å²) in [5.41, 5.74) is 2.15. The minimum atomic E-state index is -0.489. The third-order valence-electron chi connectivity index (χ3n) is 5.00. The lowest BCUT2D eigenvalue weighted by Gasteiger charge is -2.32. The predicted molar refractivity (Wildman–Crippen MR) is 113 cm³/mol. The summed E-state index contributed by atoms with van der Waals surface area (Å²) >= 11 is 0. The number of carbonyl (C=O) groups is 2. The maximum absolute atomic E-state index is 12.4. The molecule has 3 rings (SSSR count). The third-order valence-corrected chi connectivity index (χ3v) is 5.00. The number of nitrogens with one attached hydrogen (secondary N) is 2. The average molecular weight is 396 g/mol. The fourth-order valence-electron chi connectivity index (χ4n) is 3.55. The first kappa shape index (κ1) is 20.9. The second-order valence-electron chi connectivity index (χ2n) is 7.35. The van der Waals surface area contributed by atoms with Gasteiger partial charge in [-0.3, -0.25) is 9.69 Å². The Labute approximate surface area is 172 Å². The van der Waals surface area contributed by atoms with Gasteiger partial charge in [-0.15, -0.1) is 0 Å². The van der Waals surface area contributed by atoms with E-state index >= 15 is 0 Å². The van der Waals surface area contributed by atoms with Crippen LogP contribution in [0.3, 0.4) is 0 Å². The summed E-state index contributed by atoms with van der Waals surface area (Å²) in [6.45, 7) is 5.25. The number of nitrogens with zero attached hydrogens (tertiary/aromatic N) is 1. The van der Waals surface area contributed by atoms with Gasteiger partial charge in [0.2, 0.25) is 5.91 Å². The molecule has 6 nitrogen and oxygen atoms in total. The van der Waals surface area contributed by atoms with Gasteiger partial charge in [0.05, 0.1) is 6.42 Å². The molecule has 2 N–H and O–H groups in total. The maximum Gasteiger partial charge on any atom is 0.412 e. The van der Waals surface area contributed by atoms with Crippen molar-refractivity contribution in [1.29, 1.82) is 0 Å². The minimum Gasteiger partial charge on any atom is -0.410 e. The highest BCUT2D eigenvalue weighted by Gasteiger charge is 2.20. The third kappa shape index (κ3) is 6.91. The van der Waals surface area contributed by atoms with Crippen molar-refractivity contribution in [1.82, 2.24) is 15.5 Å². The van der Waals surface area contributed by atoms with Gasteiger partial charge in [-0.05, 0) is 43.0 Å². The molecule has 0 spiro atoms. The summed E-state index contributed by atoms with van der Waals surface area (Å²) in [5, 5.41) is 5.73. The van der Waals surface area contributed by atoms with Crippen molar-refractivity contribution in [3.8, 4) is 5.75 Å². The molecular weight excluding hydrogens is 366 g/mol. The first-order chi connectivity index (χ1) is 14.1. The van der Waals surface area contributed by atoms with Gasteiger partial charge in [-0.25, -0.2) is 4.79 Å². The molecule has 6 heteroatoms. The zero-order chi connectivity index (χ0) is 20.5. The highest BCUT2D eigenvalue weighted by Crippen LogP contribution is 2.16. The molecule has 2 aromatic rings. The van der Waals surface area contributed by atoms with Crippen molar-refractivity contribution in [2.45, 2.75) is 38.8 Å². The van der Waals surface area contributed by atoms with E-state index in [0.29, 0.717) is 12.3 Å². The van der Waals surface area contributed by atoms with Crippen molar-refractivity contribution >= 4 is 12.0 Å². The van der Waals surface area contributed by atoms with Crippen LogP contribution in [0.1, 0.15) is 30.9 Å². The van der Waals surface area contributed by atoms with Crippen LogP contribution in [-0.4, -0.2) is 42.6 Å². The van der Waals surface area contributed by atoms with E-state index in [2.05, 4.69) is 39.8 Å². The Hall–Kier alpha value is -2.86. The van der Waals surface area contributed by atoms with Crippen LogP contribution >= 0.6 is 0 Å². The van der Waals surface area contributed by atoms with Crippen molar-refractivity contribution in [3.63, 3.8) is 0 Å². The van der Waals surface area contributed by atoms with Crippen LogP contribution in [-0.2, 0) is 17.8 Å². The van der Waals surface area contributed by atoms with E-state index < -0.39 is 6.09 Å². The second kappa shape index (κ2) is 10.6. The predicted octanol–water partition coefficient (Wildman–Crippen LogP) is 3.12. The van der Waals surface area contributed by atoms with Gasteiger partial charge in [0, 0.05) is 32.2 Å². The number of carbonyl (C=O) groups excluding carboxylic acids is 2. The molecule has 1 heterocycles. The molecule has 0 bridgehead atoms. The largest absolute Gasteiger partial charge is 0.412 e. The zero-order valence-electron chi connectivity index (χ0n) is 16.9. The number of amides is 2. The Morgan fingerprint density at radius 3 is 2.48 bits per heavy atom. The standard InChI is InChI=1S/C23H29N3O3/c1-2-24-23(28)29-21-10-6-9-19(15-21)16-22(27)25-20-11-13-26(14-12-20)17-18-7-4-3-5-8-18/h3-10,15,20H,2,11-14,16-17H2,1H3,(H,24,28)(H,25,27).